The maximum atomic E-state index is 12.8. The molecular formula is C25H31N3O5S. The van der Waals surface area contributed by atoms with E-state index in [0.717, 1.165) is 37.8 Å². The Kier molecular flexibility index (Phi) is 7.11. The van der Waals surface area contributed by atoms with Crippen LogP contribution >= 0.6 is 0 Å². The van der Waals surface area contributed by atoms with Crippen molar-refractivity contribution in [3.63, 3.8) is 0 Å². The van der Waals surface area contributed by atoms with E-state index < -0.39 is 15.4 Å². The van der Waals surface area contributed by atoms with E-state index >= 15 is 0 Å². The van der Waals surface area contributed by atoms with Crippen molar-refractivity contribution in [1.82, 2.24) is 10.2 Å². The van der Waals surface area contributed by atoms with Crippen molar-refractivity contribution in [3.8, 4) is 5.75 Å². The van der Waals surface area contributed by atoms with E-state index in [2.05, 4.69) is 10.0 Å². The minimum Gasteiger partial charge on any atom is -0.494 e. The van der Waals surface area contributed by atoms with E-state index in [0.29, 0.717) is 37.6 Å². The summed E-state index contributed by atoms with van der Waals surface area (Å²) in [5.74, 6) is 0.800. The summed E-state index contributed by atoms with van der Waals surface area (Å²) in [6, 6.07) is 13.3. The highest BCUT2D eigenvalue weighted by molar-refractivity contribution is 7.92. The van der Waals surface area contributed by atoms with Crippen molar-refractivity contribution in [3.05, 3.63) is 54.1 Å². The van der Waals surface area contributed by atoms with Crippen LogP contribution in [0.1, 0.15) is 44.6 Å². The molecule has 0 bridgehead atoms. The molecule has 0 spiro atoms. The third-order valence-electron chi connectivity index (χ3n) is 6.38. The molecule has 2 aliphatic rings. The molecule has 1 aliphatic carbocycles. The van der Waals surface area contributed by atoms with Gasteiger partial charge in [0.25, 0.3) is 10.0 Å². The second kappa shape index (κ2) is 10.0. The molecular weight excluding hydrogens is 454 g/mol. The number of anilines is 1. The van der Waals surface area contributed by atoms with E-state index in [1.807, 2.05) is 24.0 Å². The third-order valence-corrected chi connectivity index (χ3v) is 7.78. The van der Waals surface area contributed by atoms with Gasteiger partial charge in [0.15, 0.2) is 0 Å². The van der Waals surface area contributed by atoms with Crippen LogP contribution in [-0.4, -0.2) is 51.4 Å². The van der Waals surface area contributed by atoms with Gasteiger partial charge in [0.05, 0.1) is 16.9 Å². The fraction of sp³-hybridized carbons (Fsp3) is 0.440. The van der Waals surface area contributed by atoms with Crippen LogP contribution in [0.15, 0.2) is 53.4 Å². The van der Waals surface area contributed by atoms with Crippen LogP contribution in [0.5, 0.6) is 5.75 Å². The quantitative estimate of drug-likeness (QED) is 0.476. The van der Waals surface area contributed by atoms with Crippen molar-refractivity contribution in [1.29, 1.82) is 0 Å². The van der Waals surface area contributed by atoms with Crippen LogP contribution in [0.25, 0.3) is 0 Å². The Morgan fingerprint density at radius 1 is 1.09 bits per heavy atom. The smallest absolute Gasteiger partial charge is 0.261 e. The number of carbonyl (C=O) groups is 2. The van der Waals surface area contributed by atoms with Crippen LogP contribution < -0.4 is 14.8 Å². The monoisotopic (exact) mass is 485 g/mol. The molecule has 2 amide bonds. The molecule has 1 aliphatic heterocycles. The molecule has 1 saturated carbocycles. The van der Waals surface area contributed by atoms with Gasteiger partial charge in [0.2, 0.25) is 11.8 Å². The summed E-state index contributed by atoms with van der Waals surface area (Å²) < 4.78 is 33.3. The summed E-state index contributed by atoms with van der Waals surface area (Å²) >= 11 is 0. The van der Waals surface area contributed by atoms with Crippen molar-refractivity contribution in [2.24, 2.45) is 0 Å². The van der Waals surface area contributed by atoms with Gasteiger partial charge < -0.3 is 15.0 Å². The lowest BCUT2D eigenvalue weighted by atomic mass is 9.95. The normalized spacial score (nSPS) is 16.9. The average Bonchev–Trinajstić information content (AvgIpc) is 3.54. The Bertz CT molecular complexity index is 1130. The predicted molar refractivity (Wildman–Crippen MR) is 129 cm³/mol. The molecule has 2 N–H and O–H groups in total. The highest BCUT2D eigenvalue weighted by Gasteiger charge is 2.51. The summed E-state index contributed by atoms with van der Waals surface area (Å²) in [6.07, 6.45) is 3.81. The molecule has 2 aromatic carbocycles. The Balaban J connectivity index is 1.32. The SMILES string of the molecule is CCOc1ccc(S(=O)(=O)Nc2ccc(C3(C(=O)NCCCN4CCCC4=O)CC3)cc2)cc1. The Morgan fingerprint density at radius 3 is 2.38 bits per heavy atom. The van der Waals surface area contributed by atoms with Gasteiger partial charge in [0.1, 0.15) is 5.75 Å². The standard InChI is InChI=1S/C25H31N3O5S/c1-2-33-21-10-12-22(13-11-21)34(31,32)27-20-8-6-19(7-9-20)25(14-15-25)24(30)26-16-4-18-28-17-3-5-23(28)29/h6-13,27H,2-5,14-18H2,1H3,(H,26,30). The number of sulfonamides is 1. The number of rotatable bonds is 11. The highest BCUT2D eigenvalue weighted by Crippen LogP contribution is 2.48. The Labute approximate surface area is 200 Å². The fourth-order valence-electron chi connectivity index (χ4n) is 4.31. The topological polar surface area (TPSA) is 105 Å². The summed E-state index contributed by atoms with van der Waals surface area (Å²) in [5.41, 5.74) is 0.767. The number of benzene rings is 2. The first-order chi connectivity index (χ1) is 16.3. The lowest BCUT2D eigenvalue weighted by Gasteiger charge is -2.18. The van der Waals surface area contributed by atoms with Crippen molar-refractivity contribution >= 4 is 27.5 Å². The zero-order valence-corrected chi connectivity index (χ0v) is 20.2. The molecule has 0 atom stereocenters. The molecule has 1 heterocycles. The molecule has 0 unspecified atom stereocenters. The number of nitrogens with one attached hydrogen (secondary N) is 2. The van der Waals surface area contributed by atoms with Crippen molar-refractivity contribution < 1.29 is 22.7 Å². The molecule has 8 nitrogen and oxygen atoms in total. The molecule has 1 saturated heterocycles. The first kappa shape index (κ1) is 24.1. The van der Waals surface area contributed by atoms with Gasteiger partial charge in [-0.05, 0) is 74.6 Å². The fourth-order valence-corrected chi connectivity index (χ4v) is 5.37. The largest absolute Gasteiger partial charge is 0.494 e. The number of nitrogens with zero attached hydrogens (tertiary/aromatic N) is 1. The first-order valence-corrected chi connectivity index (χ1v) is 13.2. The molecule has 9 heteroatoms. The van der Waals surface area contributed by atoms with Crippen LogP contribution in [0.2, 0.25) is 0 Å². The number of carbonyl (C=O) groups excluding carboxylic acids is 2. The van der Waals surface area contributed by atoms with Crippen LogP contribution in [0.4, 0.5) is 5.69 Å². The number of amides is 2. The van der Waals surface area contributed by atoms with Crippen molar-refractivity contribution in [2.75, 3.05) is 31.0 Å². The molecule has 0 radical (unpaired) electrons. The van der Waals surface area contributed by atoms with Gasteiger partial charge in [-0.25, -0.2) is 8.42 Å². The molecule has 0 aromatic heterocycles. The number of likely N-dealkylation sites (tertiary alicyclic amines) is 1. The van der Waals surface area contributed by atoms with E-state index in [1.165, 1.54) is 12.1 Å². The second-order valence-electron chi connectivity index (χ2n) is 8.76. The van der Waals surface area contributed by atoms with Crippen LogP contribution in [-0.2, 0) is 25.0 Å². The second-order valence-corrected chi connectivity index (χ2v) is 10.4. The third kappa shape index (κ3) is 5.35. The van der Waals surface area contributed by atoms with E-state index in [1.54, 1.807) is 24.3 Å². The van der Waals surface area contributed by atoms with E-state index in [4.69, 9.17) is 4.74 Å². The number of ether oxygens (including phenoxy) is 1. The van der Waals surface area contributed by atoms with Gasteiger partial charge in [-0.1, -0.05) is 12.1 Å². The molecule has 2 fully saturated rings. The van der Waals surface area contributed by atoms with Crippen LogP contribution in [0.3, 0.4) is 0 Å². The summed E-state index contributed by atoms with van der Waals surface area (Å²) in [5, 5.41) is 3.01. The summed E-state index contributed by atoms with van der Waals surface area (Å²) in [6.45, 7) is 4.39. The van der Waals surface area contributed by atoms with Crippen LogP contribution in [0, 0.1) is 0 Å². The minimum atomic E-state index is -3.73. The average molecular weight is 486 g/mol. The lowest BCUT2D eigenvalue weighted by molar-refractivity contribution is -0.127. The van der Waals surface area contributed by atoms with E-state index in [-0.39, 0.29) is 16.7 Å². The maximum absolute atomic E-state index is 12.8. The minimum absolute atomic E-state index is 0.0111. The Morgan fingerprint density at radius 2 is 1.79 bits per heavy atom. The number of hydrogen-bond acceptors (Lipinski definition) is 5. The lowest BCUT2D eigenvalue weighted by Crippen LogP contribution is -2.36. The molecule has 182 valence electrons. The van der Waals surface area contributed by atoms with Gasteiger partial charge in [0, 0.05) is 31.7 Å². The number of hydrogen-bond donors (Lipinski definition) is 2. The zero-order chi connectivity index (χ0) is 24.2. The van der Waals surface area contributed by atoms with E-state index in [9.17, 15) is 18.0 Å². The van der Waals surface area contributed by atoms with Gasteiger partial charge >= 0.3 is 0 Å². The molecule has 2 aromatic rings. The predicted octanol–water partition coefficient (Wildman–Crippen LogP) is 3.05. The summed E-state index contributed by atoms with van der Waals surface area (Å²) in [4.78, 5) is 26.5. The van der Waals surface area contributed by atoms with Crippen molar-refractivity contribution in [2.45, 2.75) is 49.3 Å². The first-order valence-electron chi connectivity index (χ1n) is 11.8. The zero-order valence-electron chi connectivity index (χ0n) is 19.4. The molecule has 4 rings (SSSR count). The Hall–Kier alpha value is -3.07. The van der Waals surface area contributed by atoms with Gasteiger partial charge in [-0.2, -0.15) is 0 Å². The van der Waals surface area contributed by atoms with Gasteiger partial charge in [-0.15, -0.1) is 0 Å². The molecule has 34 heavy (non-hydrogen) atoms. The highest BCUT2D eigenvalue weighted by atomic mass is 32.2. The van der Waals surface area contributed by atoms with Gasteiger partial charge in [-0.3, -0.25) is 14.3 Å². The summed E-state index contributed by atoms with van der Waals surface area (Å²) in [7, 11) is -3.73. The maximum Gasteiger partial charge on any atom is 0.261 e.